The summed E-state index contributed by atoms with van der Waals surface area (Å²) in [5.74, 6) is 0.979. The van der Waals surface area contributed by atoms with Crippen molar-refractivity contribution in [3.8, 4) is 0 Å². The van der Waals surface area contributed by atoms with Crippen molar-refractivity contribution >= 4 is 17.4 Å². The monoisotopic (exact) mass is 249 g/mol. The van der Waals surface area contributed by atoms with Gasteiger partial charge in [0.1, 0.15) is 0 Å². The molecule has 1 N–H and O–H groups in total. The summed E-state index contributed by atoms with van der Waals surface area (Å²) in [6.45, 7) is 2.32. The molecule has 94 valence electrons. The van der Waals surface area contributed by atoms with Crippen LogP contribution in [0.4, 0.5) is 5.69 Å². The lowest BCUT2D eigenvalue weighted by atomic mass is 9.84. The number of rotatable bonds is 4. The number of thioether (sulfide) groups is 1. The first-order valence-corrected chi connectivity index (χ1v) is 7.95. The molecular formula is C15H23NS. The van der Waals surface area contributed by atoms with Gasteiger partial charge in [0, 0.05) is 16.6 Å². The molecule has 0 spiro atoms. The number of hydrogen-bond donors (Lipinski definition) is 1. The summed E-state index contributed by atoms with van der Waals surface area (Å²) < 4.78 is 0. The minimum absolute atomic E-state index is 0.693. The lowest BCUT2D eigenvalue weighted by Crippen LogP contribution is -2.25. The van der Waals surface area contributed by atoms with E-state index >= 15 is 0 Å². The lowest BCUT2D eigenvalue weighted by molar-refractivity contribution is 0.330. The molecule has 1 fully saturated rings. The van der Waals surface area contributed by atoms with E-state index in [1.807, 2.05) is 0 Å². The van der Waals surface area contributed by atoms with Gasteiger partial charge < -0.3 is 5.32 Å². The van der Waals surface area contributed by atoms with Crippen LogP contribution in [0.5, 0.6) is 0 Å². The molecule has 0 saturated heterocycles. The molecule has 2 heteroatoms. The number of anilines is 1. The molecule has 0 bridgehead atoms. The molecule has 0 unspecified atom stereocenters. The van der Waals surface area contributed by atoms with Gasteiger partial charge in [-0.1, -0.05) is 13.3 Å². The van der Waals surface area contributed by atoms with Crippen molar-refractivity contribution in [1.29, 1.82) is 0 Å². The molecule has 0 radical (unpaired) electrons. The first-order chi connectivity index (χ1) is 8.31. The van der Waals surface area contributed by atoms with Crippen LogP contribution >= 0.6 is 11.8 Å². The highest BCUT2D eigenvalue weighted by atomic mass is 32.2. The van der Waals surface area contributed by atoms with Crippen molar-refractivity contribution in [1.82, 2.24) is 0 Å². The summed E-state index contributed by atoms with van der Waals surface area (Å²) in [4.78, 5) is 1.34. The normalized spacial score (nSPS) is 24.6. The molecule has 1 aromatic rings. The van der Waals surface area contributed by atoms with Crippen molar-refractivity contribution in [2.24, 2.45) is 5.92 Å². The van der Waals surface area contributed by atoms with Crippen molar-refractivity contribution in [3.63, 3.8) is 0 Å². The molecule has 17 heavy (non-hydrogen) atoms. The molecule has 1 aromatic carbocycles. The third kappa shape index (κ3) is 3.67. The second kappa shape index (κ2) is 6.34. The molecule has 0 atom stereocenters. The van der Waals surface area contributed by atoms with Gasteiger partial charge in [0.15, 0.2) is 0 Å². The largest absolute Gasteiger partial charge is 0.382 e. The molecule has 2 rings (SSSR count). The van der Waals surface area contributed by atoms with Crippen LogP contribution in [0.2, 0.25) is 0 Å². The van der Waals surface area contributed by atoms with Crippen LogP contribution in [0, 0.1) is 5.92 Å². The summed E-state index contributed by atoms with van der Waals surface area (Å²) in [5, 5.41) is 3.67. The van der Waals surface area contributed by atoms with Gasteiger partial charge in [-0.05, 0) is 62.1 Å². The van der Waals surface area contributed by atoms with Gasteiger partial charge in [-0.25, -0.2) is 0 Å². The zero-order valence-electron chi connectivity index (χ0n) is 10.9. The molecule has 0 heterocycles. The van der Waals surface area contributed by atoms with E-state index in [-0.39, 0.29) is 0 Å². The van der Waals surface area contributed by atoms with E-state index in [4.69, 9.17) is 0 Å². The average molecular weight is 249 g/mol. The molecule has 0 amide bonds. The molecular weight excluding hydrogens is 226 g/mol. The number of hydrogen-bond acceptors (Lipinski definition) is 2. The highest BCUT2D eigenvalue weighted by molar-refractivity contribution is 7.98. The Balaban J connectivity index is 1.84. The Bertz CT molecular complexity index is 325. The zero-order valence-corrected chi connectivity index (χ0v) is 11.7. The fourth-order valence-corrected chi connectivity index (χ4v) is 3.05. The van der Waals surface area contributed by atoms with Gasteiger partial charge >= 0.3 is 0 Å². The highest BCUT2D eigenvalue weighted by Crippen LogP contribution is 2.28. The predicted molar refractivity (Wildman–Crippen MR) is 77.9 cm³/mol. The van der Waals surface area contributed by atoms with Gasteiger partial charge in [-0.15, -0.1) is 11.8 Å². The summed E-state index contributed by atoms with van der Waals surface area (Å²) in [7, 11) is 0. The van der Waals surface area contributed by atoms with Gasteiger partial charge in [-0.3, -0.25) is 0 Å². The van der Waals surface area contributed by atoms with Gasteiger partial charge in [-0.2, -0.15) is 0 Å². The second-order valence-corrected chi connectivity index (χ2v) is 5.88. The molecule has 0 aliphatic heterocycles. The fraction of sp³-hybridized carbons (Fsp3) is 0.600. The zero-order chi connectivity index (χ0) is 12.1. The number of benzene rings is 1. The standard InChI is InChI=1S/C15H23NS/c1-3-12-4-6-13(7-5-12)16-14-8-10-15(17-2)11-9-14/h8-13,16H,3-7H2,1-2H3. The Labute approximate surface area is 109 Å². The molecule has 0 aromatic heterocycles. The molecule has 1 nitrogen and oxygen atoms in total. The summed E-state index contributed by atoms with van der Waals surface area (Å²) >= 11 is 1.80. The SMILES string of the molecule is CCC1CCC(Nc2ccc(SC)cc2)CC1. The topological polar surface area (TPSA) is 12.0 Å². The van der Waals surface area contributed by atoms with Gasteiger partial charge in [0.05, 0.1) is 0 Å². The van der Waals surface area contributed by atoms with E-state index in [2.05, 4.69) is 42.8 Å². The van der Waals surface area contributed by atoms with Gasteiger partial charge in [0.2, 0.25) is 0 Å². The van der Waals surface area contributed by atoms with E-state index < -0.39 is 0 Å². The average Bonchev–Trinajstić information content (AvgIpc) is 2.40. The second-order valence-electron chi connectivity index (χ2n) is 5.00. The molecule has 1 aliphatic rings. The first-order valence-electron chi connectivity index (χ1n) is 6.72. The van der Waals surface area contributed by atoms with Crippen LogP contribution in [0.3, 0.4) is 0 Å². The summed E-state index contributed by atoms with van der Waals surface area (Å²) in [6, 6.07) is 9.50. The van der Waals surface area contributed by atoms with Crippen molar-refractivity contribution in [3.05, 3.63) is 24.3 Å². The van der Waals surface area contributed by atoms with Crippen molar-refractivity contribution < 1.29 is 0 Å². The van der Waals surface area contributed by atoms with Crippen molar-refractivity contribution in [2.75, 3.05) is 11.6 Å². The van der Waals surface area contributed by atoms with Crippen LogP contribution < -0.4 is 5.32 Å². The smallest absolute Gasteiger partial charge is 0.0343 e. The predicted octanol–water partition coefficient (Wildman–Crippen LogP) is 4.79. The van der Waals surface area contributed by atoms with Crippen LogP contribution in [0.15, 0.2) is 29.2 Å². The maximum absolute atomic E-state index is 3.67. The third-order valence-corrected chi connectivity index (χ3v) is 4.63. The lowest BCUT2D eigenvalue weighted by Gasteiger charge is -2.29. The Morgan fingerprint density at radius 1 is 1.12 bits per heavy atom. The Morgan fingerprint density at radius 3 is 2.29 bits per heavy atom. The van der Waals surface area contributed by atoms with E-state index in [0.29, 0.717) is 6.04 Å². The Kier molecular flexibility index (Phi) is 4.78. The van der Waals surface area contributed by atoms with Crippen LogP contribution in [0.1, 0.15) is 39.0 Å². The first kappa shape index (κ1) is 12.8. The summed E-state index contributed by atoms with van der Waals surface area (Å²) in [5.41, 5.74) is 1.28. The van der Waals surface area contributed by atoms with E-state index in [9.17, 15) is 0 Å². The van der Waals surface area contributed by atoms with E-state index in [0.717, 1.165) is 5.92 Å². The Morgan fingerprint density at radius 2 is 1.76 bits per heavy atom. The third-order valence-electron chi connectivity index (χ3n) is 3.88. The maximum Gasteiger partial charge on any atom is 0.0343 e. The highest BCUT2D eigenvalue weighted by Gasteiger charge is 2.19. The Hall–Kier alpha value is -0.630. The molecule has 1 saturated carbocycles. The van der Waals surface area contributed by atoms with E-state index in [1.54, 1.807) is 11.8 Å². The number of nitrogens with one attached hydrogen (secondary N) is 1. The van der Waals surface area contributed by atoms with E-state index in [1.165, 1.54) is 42.7 Å². The maximum atomic E-state index is 3.67. The van der Waals surface area contributed by atoms with Crippen LogP contribution in [-0.4, -0.2) is 12.3 Å². The van der Waals surface area contributed by atoms with Crippen LogP contribution in [-0.2, 0) is 0 Å². The quantitative estimate of drug-likeness (QED) is 0.770. The van der Waals surface area contributed by atoms with Crippen LogP contribution in [0.25, 0.3) is 0 Å². The minimum Gasteiger partial charge on any atom is -0.382 e. The fourth-order valence-electron chi connectivity index (χ4n) is 2.64. The van der Waals surface area contributed by atoms with Crippen molar-refractivity contribution in [2.45, 2.75) is 50.0 Å². The summed E-state index contributed by atoms with van der Waals surface area (Å²) in [6.07, 6.45) is 8.95. The minimum atomic E-state index is 0.693. The molecule has 1 aliphatic carbocycles. The van der Waals surface area contributed by atoms with Gasteiger partial charge in [0.25, 0.3) is 0 Å².